The van der Waals surface area contributed by atoms with Gasteiger partial charge in [0.05, 0.1) is 17.4 Å². The van der Waals surface area contributed by atoms with E-state index in [2.05, 4.69) is 18.9 Å². The van der Waals surface area contributed by atoms with E-state index >= 15 is 0 Å². The molecule has 6 heteroatoms. The molecule has 0 saturated carbocycles. The van der Waals surface area contributed by atoms with E-state index in [4.69, 9.17) is 10.7 Å². The van der Waals surface area contributed by atoms with Crippen molar-refractivity contribution in [2.75, 3.05) is 0 Å². The number of hydrogen-bond donors (Lipinski definition) is 0. The van der Waals surface area contributed by atoms with Crippen LogP contribution in [0.15, 0.2) is 4.90 Å². The molecule has 0 N–H and O–H groups in total. The molecule has 1 aromatic heterocycles. The van der Waals surface area contributed by atoms with E-state index in [1.54, 1.807) is 18.5 Å². The lowest BCUT2D eigenvalue weighted by atomic mass is 10.2. The van der Waals surface area contributed by atoms with Gasteiger partial charge in [0, 0.05) is 10.7 Å². The van der Waals surface area contributed by atoms with E-state index in [0.29, 0.717) is 11.4 Å². The van der Waals surface area contributed by atoms with E-state index in [1.807, 2.05) is 0 Å². The summed E-state index contributed by atoms with van der Waals surface area (Å²) in [6.07, 6.45) is 1.83. The second kappa shape index (κ2) is 4.75. The van der Waals surface area contributed by atoms with Gasteiger partial charge < -0.3 is 0 Å². The lowest BCUT2D eigenvalue weighted by Gasteiger charge is -2.15. The van der Waals surface area contributed by atoms with Crippen LogP contribution in [0.4, 0.5) is 0 Å². The summed E-state index contributed by atoms with van der Waals surface area (Å²) in [7, 11) is 1.69. The first-order valence-electron chi connectivity index (χ1n) is 5.33. The van der Waals surface area contributed by atoms with Gasteiger partial charge in [0.2, 0.25) is 0 Å². The molecule has 92 valence electrons. The van der Waals surface area contributed by atoms with Gasteiger partial charge in [-0.25, -0.2) is 8.42 Å². The quantitative estimate of drug-likeness (QED) is 0.786. The van der Waals surface area contributed by atoms with Gasteiger partial charge >= 0.3 is 0 Å². The molecule has 0 aliphatic heterocycles. The molecule has 0 aliphatic carbocycles. The number of rotatable bonds is 4. The highest BCUT2D eigenvalue weighted by Gasteiger charge is 2.24. The summed E-state index contributed by atoms with van der Waals surface area (Å²) < 4.78 is 24.6. The van der Waals surface area contributed by atoms with Gasteiger partial charge in [-0.15, -0.1) is 0 Å². The molecular formula is C10H17ClN2O2S. The topological polar surface area (TPSA) is 52.0 Å². The monoisotopic (exact) mass is 264 g/mol. The van der Waals surface area contributed by atoms with Crippen molar-refractivity contribution in [2.24, 2.45) is 0 Å². The van der Waals surface area contributed by atoms with Gasteiger partial charge in [-0.05, 0) is 26.7 Å². The third kappa shape index (κ3) is 2.40. The van der Waals surface area contributed by atoms with Crippen molar-refractivity contribution >= 4 is 19.7 Å². The SMILES string of the molecule is CCC(CC)n1nc(C)c(S(=O)(=O)Cl)c1C. The number of aromatic nitrogens is 2. The lowest BCUT2D eigenvalue weighted by molar-refractivity contribution is 0.417. The fourth-order valence-electron chi connectivity index (χ4n) is 1.99. The van der Waals surface area contributed by atoms with Crippen LogP contribution in [0.2, 0.25) is 0 Å². The minimum absolute atomic E-state index is 0.154. The van der Waals surface area contributed by atoms with Crippen molar-refractivity contribution in [2.45, 2.75) is 51.5 Å². The van der Waals surface area contributed by atoms with Gasteiger partial charge in [-0.3, -0.25) is 4.68 Å². The number of halogens is 1. The summed E-state index contributed by atoms with van der Waals surface area (Å²) in [5, 5.41) is 4.27. The van der Waals surface area contributed by atoms with Gasteiger partial charge in [0.1, 0.15) is 4.90 Å². The molecule has 1 rings (SSSR count). The second-order valence-corrected chi connectivity index (χ2v) is 6.36. The summed E-state index contributed by atoms with van der Waals surface area (Å²) in [5.74, 6) is 0. The first-order valence-corrected chi connectivity index (χ1v) is 7.64. The summed E-state index contributed by atoms with van der Waals surface area (Å²) in [4.78, 5) is 0.154. The van der Waals surface area contributed by atoms with Crippen LogP contribution in [0, 0.1) is 13.8 Å². The molecular weight excluding hydrogens is 248 g/mol. The molecule has 0 unspecified atom stereocenters. The van der Waals surface area contributed by atoms with Crippen LogP contribution in [0.5, 0.6) is 0 Å². The zero-order valence-corrected chi connectivity index (χ0v) is 11.6. The molecule has 0 bridgehead atoms. The highest BCUT2D eigenvalue weighted by atomic mass is 35.7. The largest absolute Gasteiger partial charge is 0.265 e. The number of aryl methyl sites for hydroxylation is 1. The van der Waals surface area contributed by atoms with Gasteiger partial charge in [-0.2, -0.15) is 5.10 Å². The molecule has 0 saturated heterocycles. The van der Waals surface area contributed by atoms with Gasteiger partial charge in [0.25, 0.3) is 9.05 Å². The predicted molar refractivity (Wildman–Crippen MR) is 64.4 cm³/mol. The normalized spacial score (nSPS) is 12.4. The van der Waals surface area contributed by atoms with Crippen LogP contribution < -0.4 is 0 Å². The Kier molecular flexibility index (Phi) is 4.02. The fourth-order valence-corrected chi connectivity index (χ4v) is 3.50. The molecule has 0 radical (unpaired) electrons. The molecule has 0 aromatic carbocycles. The smallest absolute Gasteiger partial charge is 0.264 e. The highest BCUT2D eigenvalue weighted by Crippen LogP contribution is 2.27. The summed E-state index contributed by atoms with van der Waals surface area (Å²) in [5.41, 5.74) is 1.10. The molecule has 0 fully saturated rings. The summed E-state index contributed by atoms with van der Waals surface area (Å²) in [6.45, 7) is 7.52. The van der Waals surface area contributed by atoms with Gasteiger partial charge in [-0.1, -0.05) is 13.8 Å². The third-order valence-corrected chi connectivity index (χ3v) is 4.33. The minimum atomic E-state index is -3.70. The second-order valence-electron chi connectivity index (χ2n) is 3.85. The van der Waals surface area contributed by atoms with Crippen molar-refractivity contribution in [3.8, 4) is 0 Å². The minimum Gasteiger partial charge on any atom is -0.265 e. The molecule has 4 nitrogen and oxygen atoms in total. The molecule has 0 aliphatic rings. The molecule has 1 aromatic rings. The van der Waals surface area contributed by atoms with Crippen molar-refractivity contribution < 1.29 is 8.42 Å². The zero-order valence-electron chi connectivity index (χ0n) is 9.99. The summed E-state index contributed by atoms with van der Waals surface area (Å²) >= 11 is 0. The Labute approximate surface area is 101 Å². The van der Waals surface area contributed by atoms with Crippen molar-refractivity contribution in [3.63, 3.8) is 0 Å². The summed E-state index contributed by atoms with van der Waals surface area (Å²) in [6, 6.07) is 0.228. The van der Waals surface area contributed by atoms with Crippen LogP contribution in [-0.4, -0.2) is 18.2 Å². The van der Waals surface area contributed by atoms with Crippen LogP contribution in [-0.2, 0) is 9.05 Å². The van der Waals surface area contributed by atoms with Crippen molar-refractivity contribution in [1.29, 1.82) is 0 Å². The Morgan fingerprint density at radius 3 is 2.12 bits per heavy atom. The average molecular weight is 265 g/mol. The first-order chi connectivity index (χ1) is 7.32. The lowest BCUT2D eigenvalue weighted by Crippen LogP contribution is -2.10. The average Bonchev–Trinajstić information content (AvgIpc) is 2.43. The molecule has 0 spiro atoms. The molecule has 0 atom stereocenters. The predicted octanol–water partition coefficient (Wildman–Crippen LogP) is 2.79. The van der Waals surface area contributed by atoms with Crippen molar-refractivity contribution in [1.82, 2.24) is 9.78 Å². The van der Waals surface area contributed by atoms with E-state index in [1.165, 1.54) is 0 Å². The Morgan fingerprint density at radius 2 is 1.81 bits per heavy atom. The Bertz CT molecular complexity index is 475. The van der Waals surface area contributed by atoms with Crippen LogP contribution in [0.3, 0.4) is 0 Å². The van der Waals surface area contributed by atoms with E-state index in [-0.39, 0.29) is 10.9 Å². The Morgan fingerprint density at radius 1 is 1.31 bits per heavy atom. The van der Waals surface area contributed by atoms with Crippen LogP contribution in [0.1, 0.15) is 44.1 Å². The maximum Gasteiger partial charge on any atom is 0.264 e. The number of hydrogen-bond acceptors (Lipinski definition) is 3. The Balaban J connectivity index is 3.38. The maximum absolute atomic E-state index is 11.4. The highest BCUT2D eigenvalue weighted by molar-refractivity contribution is 8.13. The molecule has 1 heterocycles. The first kappa shape index (κ1) is 13.5. The van der Waals surface area contributed by atoms with Crippen molar-refractivity contribution in [3.05, 3.63) is 11.4 Å². The van der Waals surface area contributed by atoms with Crippen LogP contribution >= 0.6 is 10.7 Å². The van der Waals surface area contributed by atoms with E-state index in [0.717, 1.165) is 12.8 Å². The molecule has 16 heavy (non-hydrogen) atoms. The number of nitrogens with zero attached hydrogens (tertiary/aromatic N) is 2. The fraction of sp³-hybridized carbons (Fsp3) is 0.700. The van der Waals surface area contributed by atoms with E-state index in [9.17, 15) is 8.42 Å². The third-order valence-electron chi connectivity index (χ3n) is 2.79. The molecule has 0 amide bonds. The Hall–Kier alpha value is -0.550. The maximum atomic E-state index is 11.4. The van der Waals surface area contributed by atoms with E-state index < -0.39 is 9.05 Å². The zero-order chi connectivity index (χ0) is 12.5. The standard InChI is InChI=1S/C10H17ClN2O2S/c1-5-9(6-2)13-8(4)10(7(3)12-13)16(11,14)15/h9H,5-6H2,1-4H3. The van der Waals surface area contributed by atoms with Gasteiger partial charge in [0.15, 0.2) is 0 Å². The van der Waals surface area contributed by atoms with Crippen LogP contribution in [0.25, 0.3) is 0 Å².